The van der Waals surface area contributed by atoms with Crippen LogP contribution < -0.4 is 14.7 Å². The van der Waals surface area contributed by atoms with E-state index in [9.17, 15) is 0 Å². The Kier molecular flexibility index (Phi) is 5.73. The molecular formula is C52H31NS3. The first kappa shape index (κ1) is 30.4. The predicted molar refractivity (Wildman–Crippen MR) is 237 cm³/mol. The number of hydrogen-bond acceptors (Lipinski definition) is 3. The minimum Gasteiger partial charge on any atom is -0.310 e. The summed E-state index contributed by atoms with van der Waals surface area (Å²) in [7, 11) is -1.60. The van der Waals surface area contributed by atoms with Gasteiger partial charge in [0.25, 0.3) is 0 Å². The number of rotatable bonds is 1. The molecule has 2 spiro atoms. The van der Waals surface area contributed by atoms with E-state index in [1.54, 1.807) is 9.80 Å². The lowest BCUT2D eigenvalue weighted by atomic mass is 9.64. The Labute approximate surface area is 333 Å². The van der Waals surface area contributed by atoms with Crippen molar-refractivity contribution in [3.8, 4) is 0 Å². The largest absolute Gasteiger partial charge is 0.310 e. The molecule has 2 unspecified atom stereocenters. The van der Waals surface area contributed by atoms with Crippen LogP contribution in [0.25, 0.3) is 43.4 Å². The number of hydrogen-bond donors (Lipinski definition) is 0. The maximum absolute atomic E-state index is 2.70. The van der Waals surface area contributed by atoms with Crippen LogP contribution in [0.1, 0.15) is 22.3 Å². The molecule has 1 saturated heterocycles. The van der Waals surface area contributed by atoms with Crippen molar-refractivity contribution in [2.75, 3.05) is 4.90 Å². The van der Waals surface area contributed by atoms with Gasteiger partial charge in [-0.2, -0.15) is 0 Å². The van der Waals surface area contributed by atoms with Crippen molar-refractivity contribution in [2.24, 2.45) is 0 Å². The summed E-state index contributed by atoms with van der Waals surface area (Å²) in [4.78, 5) is 10.1. The molecule has 0 bridgehead atoms. The summed E-state index contributed by atoms with van der Waals surface area (Å²) in [5.41, 5.74) is 9.26. The first-order chi connectivity index (χ1) is 27.8. The molecule has 1 aromatic heterocycles. The van der Waals surface area contributed by atoms with Crippen LogP contribution >= 0.6 is 33.1 Å². The van der Waals surface area contributed by atoms with Crippen molar-refractivity contribution in [1.82, 2.24) is 0 Å². The first-order valence-electron chi connectivity index (χ1n) is 19.4. The third kappa shape index (κ3) is 3.46. The van der Waals surface area contributed by atoms with Gasteiger partial charge in [0.1, 0.15) is 0 Å². The SMILES string of the molecule is C1=C2C3C(=c4sc5ccccc5c4=C1)N(c1ccc4c(ccc5ccccc54)c1)c1cccc4c1S23c1ccccc1C41c2ccccc2Sc2ccccc21. The molecule has 8 aromatic carbocycles. The van der Waals surface area contributed by atoms with Gasteiger partial charge in [0.15, 0.2) is 0 Å². The molecule has 1 fully saturated rings. The van der Waals surface area contributed by atoms with E-state index in [4.69, 9.17) is 0 Å². The molecule has 1 nitrogen and oxygen atoms in total. The van der Waals surface area contributed by atoms with Gasteiger partial charge in [-0.25, -0.2) is 0 Å². The van der Waals surface area contributed by atoms with E-state index >= 15 is 0 Å². The van der Waals surface area contributed by atoms with E-state index in [2.05, 4.69) is 187 Å². The van der Waals surface area contributed by atoms with Crippen molar-refractivity contribution >= 4 is 87.9 Å². The van der Waals surface area contributed by atoms with Gasteiger partial charge < -0.3 is 4.90 Å². The smallest absolute Gasteiger partial charge is 0.0745 e. The number of thiophene rings is 1. The highest BCUT2D eigenvalue weighted by atomic mass is 32.3. The average Bonchev–Trinajstić information content (AvgIpc) is 3.83. The van der Waals surface area contributed by atoms with E-state index < -0.39 is 15.4 Å². The highest BCUT2D eigenvalue weighted by Gasteiger charge is 2.69. The fourth-order valence-corrected chi connectivity index (χ4v) is 18.5. The average molecular weight is 766 g/mol. The molecule has 14 rings (SSSR count). The number of benzene rings is 8. The van der Waals surface area contributed by atoms with Crippen molar-refractivity contribution in [3.05, 3.63) is 213 Å². The van der Waals surface area contributed by atoms with E-state index in [1.165, 1.54) is 95.4 Å². The molecule has 56 heavy (non-hydrogen) atoms. The van der Waals surface area contributed by atoms with Gasteiger partial charge in [0, 0.05) is 40.6 Å². The molecule has 5 heterocycles. The van der Waals surface area contributed by atoms with Crippen LogP contribution in [-0.2, 0) is 5.41 Å². The zero-order chi connectivity index (χ0) is 36.3. The third-order valence-electron chi connectivity index (χ3n) is 13.1. The maximum Gasteiger partial charge on any atom is 0.0745 e. The Morgan fingerprint density at radius 3 is 2.07 bits per heavy atom. The summed E-state index contributed by atoms with van der Waals surface area (Å²) in [6.07, 6.45) is 5.02. The van der Waals surface area contributed by atoms with E-state index in [-0.39, 0.29) is 5.25 Å². The summed E-state index contributed by atoms with van der Waals surface area (Å²) < 4.78 is 2.76. The molecule has 262 valence electrons. The Hall–Kier alpha value is -5.78. The maximum atomic E-state index is 2.70. The van der Waals surface area contributed by atoms with Crippen LogP contribution in [0.15, 0.2) is 200 Å². The molecule has 4 heteroatoms. The van der Waals surface area contributed by atoms with Gasteiger partial charge in [-0.05, 0) is 91.2 Å². The Balaban J connectivity index is 1.17. The molecule has 0 radical (unpaired) electrons. The summed E-state index contributed by atoms with van der Waals surface area (Å²) in [6.45, 7) is 0. The Bertz CT molecular complexity index is 3400. The lowest BCUT2D eigenvalue weighted by Gasteiger charge is -2.52. The predicted octanol–water partition coefficient (Wildman–Crippen LogP) is 12.6. The Morgan fingerprint density at radius 1 is 0.536 bits per heavy atom. The molecule has 5 aliphatic rings. The van der Waals surface area contributed by atoms with Gasteiger partial charge >= 0.3 is 0 Å². The van der Waals surface area contributed by atoms with E-state index in [1.807, 2.05) is 23.1 Å². The molecule has 0 saturated carbocycles. The molecule has 0 N–H and O–H groups in total. The lowest BCUT2D eigenvalue weighted by Crippen LogP contribution is -2.40. The quantitative estimate of drug-likeness (QED) is 0.121. The summed E-state index contributed by atoms with van der Waals surface area (Å²) in [6, 6.07) is 64.9. The zero-order valence-corrected chi connectivity index (χ0v) is 32.5. The second-order valence-corrected chi connectivity index (χ2v) is 20.8. The second-order valence-electron chi connectivity index (χ2n) is 15.5. The van der Waals surface area contributed by atoms with Crippen molar-refractivity contribution < 1.29 is 0 Å². The number of fused-ring (bicyclic) bond motifs is 13. The van der Waals surface area contributed by atoms with Crippen LogP contribution in [0, 0.1) is 0 Å². The minimum absolute atomic E-state index is 0.288. The number of nitrogens with zero attached hydrogens (tertiary/aromatic N) is 1. The fourth-order valence-electron chi connectivity index (χ4n) is 11.0. The summed E-state index contributed by atoms with van der Waals surface area (Å²) >= 11 is 3.90. The Morgan fingerprint density at radius 2 is 1.21 bits per heavy atom. The van der Waals surface area contributed by atoms with E-state index in [0.717, 1.165) is 0 Å². The highest BCUT2D eigenvalue weighted by molar-refractivity contribution is 8.44. The second kappa shape index (κ2) is 10.5. The molecule has 2 atom stereocenters. The fraction of sp³-hybridized carbons (Fsp3) is 0.0385. The van der Waals surface area contributed by atoms with E-state index in [0.29, 0.717) is 0 Å². The zero-order valence-electron chi connectivity index (χ0n) is 30.1. The van der Waals surface area contributed by atoms with Gasteiger partial charge in [0.05, 0.1) is 26.6 Å². The van der Waals surface area contributed by atoms with Gasteiger partial charge in [-0.15, -0.1) is 21.4 Å². The van der Waals surface area contributed by atoms with Crippen LogP contribution in [-0.4, -0.2) is 5.25 Å². The molecule has 9 aromatic rings. The molecule has 1 aliphatic carbocycles. The minimum atomic E-state index is -1.60. The number of allylic oxidation sites excluding steroid dienone is 1. The molecule has 0 amide bonds. The van der Waals surface area contributed by atoms with Crippen LogP contribution in [0.4, 0.5) is 11.4 Å². The standard InChI is InChI=1S/C52H31NS3/c1-2-13-34-31(12-1)24-25-32-30-33(26-27-35(32)34)53-42-19-11-18-41-50(42)56(47-29-28-37-36-14-3-7-20-43(36)55-49(37)48(53)51(47)56)46-23-10-6-17-40(46)52(41)38-15-4-8-21-44(38)54-45-22-9-5-16-39(45)52/h1-30,51H. The summed E-state index contributed by atoms with van der Waals surface area (Å²) in [5, 5.41) is 8.15. The van der Waals surface area contributed by atoms with Gasteiger partial charge in [0.2, 0.25) is 0 Å². The van der Waals surface area contributed by atoms with Crippen molar-refractivity contribution in [3.63, 3.8) is 0 Å². The molecule has 4 aliphatic heterocycles. The first-order valence-corrected chi connectivity index (χ1v) is 22.7. The van der Waals surface area contributed by atoms with Gasteiger partial charge in [-0.1, -0.05) is 151 Å². The van der Waals surface area contributed by atoms with Crippen LogP contribution in [0.3, 0.4) is 0 Å². The number of anilines is 2. The highest BCUT2D eigenvalue weighted by Crippen LogP contribution is 2.95. The van der Waals surface area contributed by atoms with Crippen LogP contribution in [0.5, 0.6) is 0 Å². The normalized spacial score (nSPS) is 21.1. The van der Waals surface area contributed by atoms with Gasteiger partial charge in [-0.3, -0.25) is 0 Å². The third-order valence-corrected chi connectivity index (χ3v) is 19.6. The van der Waals surface area contributed by atoms with Crippen molar-refractivity contribution in [2.45, 2.75) is 30.2 Å². The topological polar surface area (TPSA) is 3.24 Å². The van der Waals surface area contributed by atoms with Crippen molar-refractivity contribution in [1.29, 1.82) is 0 Å². The molecular weight excluding hydrogens is 735 g/mol. The lowest BCUT2D eigenvalue weighted by molar-refractivity contribution is 0.664. The summed E-state index contributed by atoms with van der Waals surface area (Å²) in [5.74, 6) is 0. The monoisotopic (exact) mass is 765 g/mol. The van der Waals surface area contributed by atoms with Crippen LogP contribution in [0.2, 0.25) is 0 Å².